The van der Waals surface area contributed by atoms with E-state index in [0.717, 1.165) is 12.8 Å². The molecule has 0 amide bonds. The summed E-state index contributed by atoms with van der Waals surface area (Å²) in [5.74, 6) is 0. The van der Waals surface area contributed by atoms with Gasteiger partial charge in [-0.15, -0.1) is 0 Å². The molecule has 5 heterocycles. The highest BCUT2D eigenvalue weighted by molar-refractivity contribution is 7.00. The van der Waals surface area contributed by atoms with Gasteiger partial charge in [0.05, 0.1) is 16.6 Å². The first-order valence-corrected chi connectivity index (χ1v) is 22.5. The van der Waals surface area contributed by atoms with E-state index in [1.165, 1.54) is 120 Å². The molecule has 0 N–H and O–H groups in total. The third-order valence-electron chi connectivity index (χ3n) is 17.5. The summed E-state index contributed by atoms with van der Waals surface area (Å²) < 4.78 is 2.67. The Hall–Kier alpha value is -6.00. The predicted molar refractivity (Wildman–Crippen MR) is 252 cm³/mol. The van der Waals surface area contributed by atoms with Crippen molar-refractivity contribution in [3.63, 3.8) is 0 Å². The molecule has 4 heteroatoms. The Balaban J connectivity index is 1.15. The van der Waals surface area contributed by atoms with Crippen molar-refractivity contribution in [3.8, 4) is 16.8 Å². The molecule has 4 atom stereocenters. The lowest BCUT2D eigenvalue weighted by Gasteiger charge is -2.53. The highest BCUT2D eigenvalue weighted by Gasteiger charge is 2.63. The van der Waals surface area contributed by atoms with Crippen LogP contribution in [-0.4, -0.2) is 16.8 Å². The fraction of sp³-hybridized carbons (Fsp3) is 0.250. The van der Waals surface area contributed by atoms with Crippen LogP contribution in [0.4, 0.5) is 22.7 Å². The highest BCUT2D eigenvalue weighted by atomic mass is 15.3. The van der Waals surface area contributed by atoms with Gasteiger partial charge in [0, 0.05) is 55.6 Å². The largest absolute Gasteiger partial charge is 0.335 e. The van der Waals surface area contributed by atoms with E-state index >= 15 is 0 Å². The first-order valence-electron chi connectivity index (χ1n) is 22.5. The molecule has 6 aliphatic rings. The second kappa shape index (κ2) is 11.0. The third-order valence-corrected chi connectivity index (χ3v) is 17.5. The van der Waals surface area contributed by atoms with E-state index in [0.29, 0.717) is 0 Å². The maximum atomic E-state index is 2.92. The molecule has 1 saturated carbocycles. The average molecular weight is 774 g/mol. The Bertz CT molecular complexity index is 3220. The lowest BCUT2D eigenvalue weighted by molar-refractivity contribution is 0.195. The number of para-hydroxylation sites is 3. The van der Waals surface area contributed by atoms with Crippen molar-refractivity contribution < 1.29 is 0 Å². The van der Waals surface area contributed by atoms with Crippen molar-refractivity contribution in [2.24, 2.45) is 0 Å². The van der Waals surface area contributed by atoms with E-state index in [4.69, 9.17) is 0 Å². The fourth-order valence-corrected chi connectivity index (χ4v) is 14.3. The minimum absolute atomic E-state index is 0.00234. The van der Waals surface area contributed by atoms with E-state index in [1.807, 2.05) is 0 Å². The van der Waals surface area contributed by atoms with Crippen molar-refractivity contribution >= 4 is 67.7 Å². The number of nitrogens with zero attached hydrogens (tertiary/aromatic N) is 3. The van der Waals surface area contributed by atoms with E-state index in [1.54, 1.807) is 5.56 Å². The number of hydrogen-bond donors (Lipinski definition) is 0. The molecule has 4 aliphatic heterocycles. The maximum Gasteiger partial charge on any atom is 0.252 e. The monoisotopic (exact) mass is 773 g/mol. The van der Waals surface area contributed by atoms with Crippen LogP contribution < -0.4 is 26.2 Å². The summed E-state index contributed by atoms with van der Waals surface area (Å²) in [5, 5.41) is 2.67. The highest BCUT2D eigenvalue weighted by Crippen LogP contribution is 2.66. The van der Waals surface area contributed by atoms with Crippen LogP contribution in [0.1, 0.15) is 82.1 Å². The lowest BCUT2D eigenvalue weighted by atomic mass is 9.33. The van der Waals surface area contributed by atoms with Gasteiger partial charge in [0.2, 0.25) is 0 Å². The molecule has 0 spiro atoms. The van der Waals surface area contributed by atoms with E-state index < -0.39 is 0 Å². The number of benzene rings is 7. The van der Waals surface area contributed by atoms with E-state index in [2.05, 4.69) is 188 Å². The molecule has 3 nitrogen and oxygen atoms in total. The van der Waals surface area contributed by atoms with Gasteiger partial charge in [-0.05, 0) is 120 Å². The summed E-state index contributed by atoms with van der Waals surface area (Å²) in [7, 11) is 0. The zero-order valence-electron chi connectivity index (χ0n) is 35.0. The molecule has 0 saturated heterocycles. The van der Waals surface area contributed by atoms with Crippen LogP contribution in [-0.2, 0) is 22.8 Å². The smallest absolute Gasteiger partial charge is 0.252 e. The predicted octanol–water partition coefficient (Wildman–Crippen LogP) is 11.6. The Morgan fingerprint density at radius 3 is 2.13 bits per heavy atom. The Labute approximate surface area is 353 Å². The van der Waals surface area contributed by atoms with Gasteiger partial charge in [0.1, 0.15) is 0 Å². The lowest BCUT2D eigenvalue weighted by Crippen LogP contribution is -2.64. The zero-order valence-corrected chi connectivity index (χ0v) is 35.0. The Morgan fingerprint density at radius 2 is 1.25 bits per heavy atom. The average Bonchev–Trinajstić information content (AvgIpc) is 3.81. The van der Waals surface area contributed by atoms with Crippen LogP contribution in [0.15, 0.2) is 146 Å². The summed E-state index contributed by atoms with van der Waals surface area (Å²) in [6.07, 6.45) is 7.11. The van der Waals surface area contributed by atoms with Gasteiger partial charge < -0.3 is 14.4 Å². The standard InChI is InChI=1S/C56H48BN3/c1-53-28-14-15-29-55(53,3)60-49-34-38(59-47-26-13-11-23-42(47)54(2)30-27-36-19-8-10-22-41(36)56(54,59)4)33-48-50(49)57(45-32-37(31-43(53)52(45)60)35-17-6-5-7-18-35)44-24-16-21-40-39-20-9-12-25-46(39)58(48)51(40)44/h5-13,16-26,31-34H,14-15,27-30H2,1-4H3. The third kappa shape index (κ3) is 3.67. The quantitative estimate of drug-likeness (QED) is 0.162. The second-order valence-electron chi connectivity index (χ2n) is 19.8. The summed E-state index contributed by atoms with van der Waals surface area (Å²) in [4.78, 5) is 5.71. The van der Waals surface area contributed by atoms with Crippen LogP contribution in [0, 0.1) is 0 Å². The number of aryl methyl sites for hydroxylation is 1. The summed E-state index contributed by atoms with van der Waals surface area (Å²) in [5.41, 5.74) is 22.0. The van der Waals surface area contributed by atoms with Crippen LogP contribution in [0.2, 0.25) is 0 Å². The zero-order chi connectivity index (χ0) is 39.9. The number of fused-ring (bicyclic) bond motifs is 15. The molecule has 0 bridgehead atoms. The van der Waals surface area contributed by atoms with Crippen molar-refractivity contribution in [1.82, 2.24) is 4.57 Å². The number of aromatic nitrogens is 1. The van der Waals surface area contributed by atoms with Gasteiger partial charge in [-0.1, -0.05) is 142 Å². The summed E-state index contributed by atoms with van der Waals surface area (Å²) in [6, 6.07) is 56.7. The minimum Gasteiger partial charge on any atom is -0.335 e. The van der Waals surface area contributed by atoms with Gasteiger partial charge in [0.25, 0.3) is 6.71 Å². The summed E-state index contributed by atoms with van der Waals surface area (Å²) >= 11 is 0. The van der Waals surface area contributed by atoms with Crippen molar-refractivity contribution in [2.45, 2.75) is 88.1 Å². The number of rotatable bonds is 2. The molecule has 290 valence electrons. The van der Waals surface area contributed by atoms with E-state index in [-0.39, 0.29) is 28.6 Å². The SMILES string of the molecule is CC12CCCCC1(C)N1c3cc(N4c5ccccc5C5(C)CCc6ccccc6C45C)cc4c3B(c3cc(-c5ccccc5)cc2c31)c1cccc2c3ccccc3n-4c12. The molecular weight excluding hydrogens is 725 g/mol. The van der Waals surface area contributed by atoms with Crippen molar-refractivity contribution in [1.29, 1.82) is 0 Å². The van der Waals surface area contributed by atoms with Gasteiger partial charge in [-0.25, -0.2) is 0 Å². The number of anilines is 4. The van der Waals surface area contributed by atoms with Crippen LogP contribution in [0.5, 0.6) is 0 Å². The van der Waals surface area contributed by atoms with Crippen LogP contribution in [0.3, 0.4) is 0 Å². The molecule has 7 aromatic carbocycles. The molecular formula is C56H48BN3. The fourth-order valence-electron chi connectivity index (χ4n) is 14.3. The molecule has 4 unspecified atom stereocenters. The molecule has 0 radical (unpaired) electrons. The molecule has 1 fully saturated rings. The first kappa shape index (κ1) is 33.8. The summed E-state index contributed by atoms with van der Waals surface area (Å²) in [6.45, 7) is 10.5. The second-order valence-corrected chi connectivity index (χ2v) is 19.8. The van der Waals surface area contributed by atoms with Crippen LogP contribution in [0.25, 0.3) is 38.6 Å². The van der Waals surface area contributed by atoms with Gasteiger partial charge >= 0.3 is 0 Å². The maximum absolute atomic E-state index is 2.92. The van der Waals surface area contributed by atoms with Crippen molar-refractivity contribution in [3.05, 3.63) is 168 Å². The van der Waals surface area contributed by atoms with Crippen molar-refractivity contribution in [2.75, 3.05) is 9.80 Å². The molecule has 2 aliphatic carbocycles. The van der Waals surface area contributed by atoms with Gasteiger partial charge in [-0.2, -0.15) is 0 Å². The molecule has 14 rings (SSSR count). The minimum atomic E-state index is -0.289. The molecule has 8 aromatic rings. The molecule has 60 heavy (non-hydrogen) atoms. The Morgan fingerprint density at radius 1 is 0.517 bits per heavy atom. The topological polar surface area (TPSA) is 11.4 Å². The van der Waals surface area contributed by atoms with Gasteiger partial charge in [-0.3, -0.25) is 0 Å². The molecule has 1 aromatic heterocycles. The Kier molecular flexibility index (Phi) is 6.21. The first-order chi connectivity index (χ1) is 29.3. The van der Waals surface area contributed by atoms with Gasteiger partial charge in [0.15, 0.2) is 0 Å². The number of hydrogen-bond acceptors (Lipinski definition) is 2. The van der Waals surface area contributed by atoms with Crippen LogP contribution >= 0.6 is 0 Å². The van der Waals surface area contributed by atoms with E-state index in [9.17, 15) is 0 Å². The normalized spacial score (nSPS) is 26.1.